The third kappa shape index (κ3) is 6.31. The molecule has 0 aliphatic heterocycles. The fraction of sp³-hybridized carbons (Fsp3) is 0.524. The molecular weight excluding hydrogens is 410 g/mol. The second kappa shape index (κ2) is 10.8. The van der Waals surface area contributed by atoms with Crippen molar-refractivity contribution in [3.63, 3.8) is 0 Å². The maximum Gasteiger partial charge on any atom is 0.268 e. The van der Waals surface area contributed by atoms with Gasteiger partial charge in [-0.25, -0.2) is 13.1 Å². The van der Waals surface area contributed by atoms with Crippen LogP contribution in [0.25, 0.3) is 0 Å². The second-order valence-electron chi connectivity index (χ2n) is 7.26. The van der Waals surface area contributed by atoms with Crippen LogP contribution in [0.4, 0.5) is 0 Å². The van der Waals surface area contributed by atoms with Gasteiger partial charge in [-0.3, -0.25) is 9.48 Å². The number of aryl methyl sites for hydroxylation is 2. The molecule has 0 atom stereocenters. The predicted octanol–water partition coefficient (Wildman–Crippen LogP) is 5.02. The highest BCUT2D eigenvalue weighted by molar-refractivity contribution is 7.90. The molecule has 1 aromatic carbocycles. The van der Waals surface area contributed by atoms with E-state index < -0.39 is 15.9 Å². The van der Waals surface area contributed by atoms with Crippen molar-refractivity contribution in [3.8, 4) is 0 Å². The third-order valence-corrected chi connectivity index (χ3v) is 6.77. The van der Waals surface area contributed by atoms with Crippen LogP contribution in [0.1, 0.15) is 73.6 Å². The van der Waals surface area contributed by atoms with Crippen LogP contribution >= 0.6 is 11.6 Å². The van der Waals surface area contributed by atoms with Crippen molar-refractivity contribution >= 4 is 27.5 Å². The molecule has 0 fully saturated rings. The van der Waals surface area contributed by atoms with E-state index in [1.165, 1.54) is 44.2 Å². The highest BCUT2D eigenvalue weighted by Gasteiger charge is 2.25. The molecule has 8 heteroatoms. The van der Waals surface area contributed by atoms with Crippen molar-refractivity contribution in [2.45, 2.75) is 77.2 Å². The van der Waals surface area contributed by atoms with Gasteiger partial charge in [0.15, 0.2) is 0 Å². The smallest absolute Gasteiger partial charge is 0.268 e. The Morgan fingerprint density at radius 2 is 1.69 bits per heavy atom. The number of nitrogens with zero attached hydrogens (tertiary/aromatic N) is 2. The van der Waals surface area contributed by atoms with E-state index in [4.69, 9.17) is 11.6 Å². The molecular formula is C21H30ClN3O3S. The molecule has 0 bridgehead atoms. The number of halogens is 1. The number of aromatic nitrogens is 2. The average molecular weight is 440 g/mol. The standard InChI is InChI=1S/C21H30ClN3O3S/c1-4-5-6-7-8-9-12-15-25-17(3)20(16(2)23-25)21(26)24-29(27,28)19-14-11-10-13-18(19)22/h10-11,13-14H,4-9,12,15H2,1-3H3,(H,24,26). The van der Waals surface area contributed by atoms with Gasteiger partial charge in [-0.05, 0) is 32.4 Å². The van der Waals surface area contributed by atoms with E-state index in [-0.39, 0.29) is 9.92 Å². The normalized spacial score (nSPS) is 11.6. The predicted molar refractivity (Wildman–Crippen MR) is 116 cm³/mol. The Bertz CT molecular complexity index is 939. The Balaban J connectivity index is 2.02. The number of hydrogen-bond acceptors (Lipinski definition) is 4. The Morgan fingerprint density at radius 1 is 1.07 bits per heavy atom. The van der Waals surface area contributed by atoms with Gasteiger partial charge in [-0.2, -0.15) is 5.10 Å². The van der Waals surface area contributed by atoms with E-state index >= 15 is 0 Å². The number of carbonyl (C=O) groups excluding carboxylic acids is 1. The molecule has 0 saturated heterocycles. The number of sulfonamides is 1. The van der Waals surface area contributed by atoms with Crippen molar-refractivity contribution < 1.29 is 13.2 Å². The lowest BCUT2D eigenvalue weighted by Gasteiger charge is -2.09. The van der Waals surface area contributed by atoms with Gasteiger partial charge in [0.2, 0.25) is 0 Å². The minimum atomic E-state index is -4.06. The zero-order valence-corrected chi connectivity index (χ0v) is 18.9. The molecule has 29 heavy (non-hydrogen) atoms. The molecule has 0 spiro atoms. The SMILES string of the molecule is CCCCCCCCCn1nc(C)c(C(=O)NS(=O)(=O)c2ccccc2Cl)c1C. The number of benzene rings is 1. The number of nitrogens with one attached hydrogen (secondary N) is 1. The minimum absolute atomic E-state index is 0.0656. The molecule has 2 rings (SSSR count). The second-order valence-corrected chi connectivity index (χ2v) is 9.31. The molecule has 2 aromatic rings. The lowest BCUT2D eigenvalue weighted by molar-refractivity contribution is 0.0980. The fourth-order valence-corrected chi connectivity index (χ4v) is 4.83. The van der Waals surface area contributed by atoms with E-state index in [1.54, 1.807) is 30.7 Å². The summed E-state index contributed by atoms with van der Waals surface area (Å²) >= 11 is 5.97. The summed E-state index contributed by atoms with van der Waals surface area (Å²) in [5.74, 6) is -0.689. The van der Waals surface area contributed by atoms with Crippen molar-refractivity contribution in [2.24, 2.45) is 0 Å². The van der Waals surface area contributed by atoms with Gasteiger partial charge in [-0.15, -0.1) is 0 Å². The number of unbranched alkanes of at least 4 members (excludes halogenated alkanes) is 6. The van der Waals surface area contributed by atoms with Gasteiger partial charge in [0.1, 0.15) is 4.90 Å². The van der Waals surface area contributed by atoms with Crippen LogP contribution in [-0.4, -0.2) is 24.1 Å². The topological polar surface area (TPSA) is 81.1 Å². The summed E-state index contributed by atoms with van der Waals surface area (Å²) in [5.41, 5.74) is 1.47. The van der Waals surface area contributed by atoms with E-state index in [9.17, 15) is 13.2 Å². The summed E-state index contributed by atoms with van der Waals surface area (Å²) < 4.78 is 29.0. The van der Waals surface area contributed by atoms with E-state index in [0.717, 1.165) is 12.8 Å². The molecule has 0 aliphatic carbocycles. The Hall–Kier alpha value is -1.86. The van der Waals surface area contributed by atoms with Crippen molar-refractivity contribution in [2.75, 3.05) is 0 Å². The third-order valence-electron chi connectivity index (χ3n) is 4.94. The highest BCUT2D eigenvalue weighted by atomic mass is 35.5. The largest absolute Gasteiger partial charge is 0.269 e. The Labute approximate surface area is 178 Å². The van der Waals surface area contributed by atoms with Crippen LogP contribution in [0.5, 0.6) is 0 Å². The molecule has 1 aromatic heterocycles. The summed E-state index contributed by atoms with van der Waals surface area (Å²) in [5, 5.41) is 4.50. The molecule has 0 radical (unpaired) electrons. The maximum atomic E-state index is 12.7. The Kier molecular flexibility index (Phi) is 8.71. The van der Waals surface area contributed by atoms with Crippen LogP contribution in [0, 0.1) is 13.8 Å². The van der Waals surface area contributed by atoms with Crippen LogP contribution in [0.2, 0.25) is 5.02 Å². The molecule has 6 nitrogen and oxygen atoms in total. The zero-order valence-electron chi connectivity index (χ0n) is 17.4. The van der Waals surface area contributed by atoms with Crippen LogP contribution < -0.4 is 4.72 Å². The highest BCUT2D eigenvalue weighted by Crippen LogP contribution is 2.21. The van der Waals surface area contributed by atoms with E-state index in [1.807, 2.05) is 0 Å². The lowest BCUT2D eigenvalue weighted by Crippen LogP contribution is -2.31. The monoisotopic (exact) mass is 439 g/mol. The van der Waals surface area contributed by atoms with Crippen molar-refractivity contribution in [3.05, 3.63) is 46.2 Å². The summed E-state index contributed by atoms with van der Waals surface area (Å²) in [7, 11) is -4.06. The summed E-state index contributed by atoms with van der Waals surface area (Å²) in [6.45, 7) is 6.42. The van der Waals surface area contributed by atoms with Gasteiger partial charge in [0.25, 0.3) is 15.9 Å². The molecule has 0 aliphatic rings. The van der Waals surface area contributed by atoms with Gasteiger partial charge in [-0.1, -0.05) is 69.2 Å². The quantitative estimate of drug-likeness (QED) is 0.498. The molecule has 160 valence electrons. The first-order valence-corrected chi connectivity index (χ1v) is 12.0. The van der Waals surface area contributed by atoms with Crippen molar-refractivity contribution in [1.82, 2.24) is 14.5 Å². The van der Waals surface area contributed by atoms with Gasteiger partial charge in [0.05, 0.1) is 16.3 Å². The molecule has 0 saturated carbocycles. The molecule has 1 N–H and O–H groups in total. The molecule has 1 amide bonds. The molecule has 0 unspecified atom stereocenters. The first-order chi connectivity index (χ1) is 13.8. The van der Waals surface area contributed by atoms with Gasteiger partial charge in [0, 0.05) is 12.2 Å². The minimum Gasteiger partial charge on any atom is -0.269 e. The summed E-state index contributed by atoms with van der Waals surface area (Å²) in [6.07, 6.45) is 8.34. The van der Waals surface area contributed by atoms with Crippen molar-refractivity contribution in [1.29, 1.82) is 0 Å². The van der Waals surface area contributed by atoms with Crippen LogP contribution in [0.15, 0.2) is 29.2 Å². The molecule has 1 heterocycles. The fourth-order valence-electron chi connectivity index (χ4n) is 3.35. The zero-order chi connectivity index (χ0) is 21.4. The summed E-state index contributed by atoms with van der Waals surface area (Å²) in [6, 6.07) is 6.02. The number of rotatable bonds is 11. The lowest BCUT2D eigenvalue weighted by atomic mass is 10.1. The average Bonchev–Trinajstić information content (AvgIpc) is 2.94. The van der Waals surface area contributed by atoms with Gasteiger partial charge >= 0.3 is 0 Å². The first-order valence-electron chi connectivity index (χ1n) is 10.1. The maximum absolute atomic E-state index is 12.7. The number of hydrogen-bond donors (Lipinski definition) is 1. The summed E-state index contributed by atoms with van der Waals surface area (Å²) in [4.78, 5) is 12.6. The van der Waals surface area contributed by atoms with E-state index in [2.05, 4.69) is 16.7 Å². The van der Waals surface area contributed by atoms with Crippen LogP contribution in [0.3, 0.4) is 0 Å². The first kappa shape index (κ1) is 23.4. The number of amides is 1. The van der Waals surface area contributed by atoms with Gasteiger partial charge < -0.3 is 0 Å². The van der Waals surface area contributed by atoms with E-state index in [0.29, 0.717) is 23.5 Å². The van der Waals surface area contributed by atoms with Crippen LogP contribution in [-0.2, 0) is 16.6 Å². The Morgan fingerprint density at radius 3 is 2.34 bits per heavy atom. The number of carbonyl (C=O) groups is 1.